The standard InChI is InChI=1S/C20H19FN8O/c1-12(2)19-15(11-23-29(19)18-6-4-5-9-22-18)20(30)24-17-10-14(7-8-16(17)21)28-13(3)25-26-27-28/h4-12H,1-3H3,(H,24,30). The lowest BCUT2D eigenvalue weighted by Gasteiger charge is -2.13. The van der Waals surface area contributed by atoms with Crippen LogP contribution in [0.1, 0.15) is 41.6 Å². The van der Waals surface area contributed by atoms with Crippen LogP contribution in [0.4, 0.5) is 10.1 Å². The van der Waals surface area contributed by atoms with E-state index in [2.05, 4.69) is 30.9 Å². The molecule has 0 aliphatic heterocycles. The molecule has 0 radical (unpaired) electrons. The average Bonchev–Trinajstić information content (AvgIpc) is 3.37. The number of hydrogen-bond donors (Lipinski definition) is 1. The van der Waals surface area contributed by atoms with Gasteiger partial charge in [0.05, 0.1) is 28.8 Å². The minimum absolute atomic E-state index is 0.0182. The van der Waals surface area contributed by atoms with Crippen LogP contribution in [0.15, 0.2) is 48.8 Å². The van der Waals surface area contributed by atoms with Crippen molar-refractivity contribution in [2.75, 3.05) is 5.32 Å². The van der Waals surface area contributed by atoms with Gasteiger partial charge >= 0.3 is 0 Å². The Morgan fingerprint density at radius 2 is 2.00 bits per heavy atom. The summed E-state index contributed by atoms with van der Waals surface area (Å²) in [5.41, 5.74) is 1.58. The van der Waals surface area contributed by atoms with Crippen LogP contribution in [0.25, 0.3) is 11.5 Å². The van der Waals surface area contributed by atoms with Crippen molar-refractivity contribution in [2.45, 2.75) is 26.7 Å². The second kappa shape index (κ2) is 7.82. The Kier molecular flexibility index (Phi) is 5.05. The summed E-state index contributed by atoms with van der Waals surface area (Å²) in [5, 5.41) is 18.2. The molecule has 4 aromatic rings. The first-order chi connectivity index (χ1) is 14.5. The highest BCUT2D eigenvalue weighted by Gasteiger charge is 2.22. The summed E-state index contributed by atoms with van der Waals surface area (Å²) in [6, 6.07) is 9.72. The number of carbonyl (C=O) groups is 1. The summed E-state index contributed by atoms with van der Waals surface area (Å²) in [7, 11) is 0. The van der Waals surface area contributed by atoms with E-state index in [1.807, 2.05) is 19.9 Å². The van der Waals surface area contributed by atoms with E-state index < -0.39 is 11.7 Å². The SMILES string of the molecule is Cc1nnnn1-c1ccc(F)c(NC(=O)c2cnn(-c3ccccn3)c2C(C)C)c1. The number of benzene rings is 1. The van der Waals surface area contributed by atoms with Gasteiger partial charge in [0.25, 0.3) is 5.91 Å². The molecular formula is C20H19FN8O. The summed E-state index contributed by atoms with van der Waals surface area (Å²) in [6.07, 6.45) is 3.12. The lowest BCUT2D eigenvalue weighted by Crippen LogP contribution is -2.17. The highest BCUT2D eigenvalue weighted by molar-refractivity contribution is 6.05. The monoisotopic (exact) mass is 406 g/mol. The minimum Gasteiger partial charge on any atom is -0.319 e. The minimum atomic E-state index is -0.568. The third-order valence-electron chi connectivity index (χ3n) is 4.53. The summed E-state index contributed by atoms with van der Waals surface area (Å²) in [6.45, 7) is 5.63. The van der Waals surface area contributed by atoms with Crippen LogP contribution in [-0.2, 0) is 0 Å². The number of rotatable bonds is 5. The van der Waals surface area contributed by atoms with Crippen LogP contribution < -0.4 is 5.32 Å². The first-order valence-corrected chi connectivity index (χ1v) is 9.31. The van der Waals surface area contributed by atoms with Crippen molar-refractivity contribution >= 4 is 11.6 Å². The topological polar surface area (TPSA) is 103 Å². The largest absolute Gasteiger partial charge is 0.319 e. The molecule has 152 valence electrons. The van der Waals surface area contributed by atoms with Crippen LogP contribution >= 0.6 is 0 Å². The highest BCUT2D eigenvalue weighted by atomic mass is 19.1. The predicted octanol–water partition coefficient (Wildman–Crippen LogP) is 3.07. The lowest BCUT2D eigenvalue weighted by molar-refractivity contribution is 0.102. The smallest absolute Gasteiger partial charge is 0.259 e. The number of tetrazole rings is 1. The molecule has 9 nitrogen and oxygen atoms in total. The zero-order valence-corrected chi connectivity index (χ0v) is 16.6. The van der Waals surface area contributed by atoms with Gasteiger partial charge < -0.3 is 5.32 Å². The Morgan fingerprint density at radius 3 is 2.67 bits per heavy atom. The fourth-order valence-electron chi connectivity index (χ4n) is 3.15. The van der Waals surface area contributed by atoms with Gasteiger partial charge in [-0.2, -0.15) is 9.78 Å². The Morgan fingerprint density at radius 1 is 1.17 bits per heavy atom. The lowest BCUT2D eigenvalue weighted by atomic mass is 10.1. The summed E-state index contributed by atoms with van der Waals surface area (Å²) in [5.74, 6) is 0.0851. The van der Waals surface area contributed by atoms with Gasteiger partial charge in [-0.05, 0) is 53.6 Å². The van der Waals surface area contributed by atoms with Gasteiger partial charge in [-0.15, -0.1) is 5.10 Å². The Hall–Kier alpha value is -3.95. The van der Waals surface area contributed by atoms with Crippen molar-refractivity contribution in [2.24, 2.45) is 0 Å². The number of aryl methyl sites for hydroxylation is 1. The van der Waals surface area contributed by atoms with Crippen LogP contribution in [0, 0.1) is 12.7 Å². The van der Waals surface area contributed by atoms with Gasteiger partial charge in [0.15, 0.2) is 11.6 Å². The molecular weight excluding hydrogens is 387 g/mol. The van der Waals surface area contributed by atoms with Gasteiger partial charge in [-0.1, -0.05) is 19.9 Å². The normalized spacial score (nSPS) is 11.1. The molecule has 0 unspecified atom stereocenters. The second-order valence-corrected chi connectivity index (χ2v) is 6.95. The maximum absolute atomic E-state index is 14.4. The molecule has 1 N–H and O–H groups in total. The molecule has 1 amide bonds. The van der Waals surface area contributed by atoms with Crippen molar-refractivity contribution in [3.8, 4) is 11.5 Å². The van der Waals surface area contributed by atoms with Gasteiger partial charge in [-0.25, -0.2) is 14.1 Å². The summed E-state index contributed by atoms with van der Waals surface area (Å²) >= 11 is 0. The third kappa shape index (κ3) is 3.54. The number of halogens is 1. The van der Waals surface area contributed by atoms with Crippen LogP contribution in [-0.4, -0.2) is 40.9 Å². The zero-order chi connectivity index (χ0) is 21.3. The van der Waals surface area contributed by atoms with Gasteiger partial charge in [0, 0.05) is 6.20 Å². The number of amides is 1. The molecule has 0 bridgehead atoms. The van der Waals surface area contributed by atoms with E-state index in [4.69, 9.17) is 0 Å². The molecule has 0 saturated carbocycles. The van der Waals surface area contributed by atoms with Gasteiger partial charge in [0.2, 0.25) is 0 Å². The van der Waals surface area contributed by atoms with Crippen molar-refractivity contribution in [1.29, 1.82) is 0 Å². The van der Waals surface area contributed by atoms with Crippen molar-refractivity contribution in [3.63, 3.8) is 0 Å². The molecule has 1 aromatic carbocycles. The molecule has 4 rings (SSSR count). The van der Waals surface area contributed by atoms with Crippen LogP contribution in [0.5, 0.6) is 0 Å². The van der Waals surface area contributed by atoms with Crippen molar-refractivity contribution in [1.82, 2.24) is 35.0 Å². The molecule has 0 atom stereocenters. The van der Waals surface area contributed by atoms with E-state index in [0.717, 1.165) is 0 Å². The van der Waals surface area contributed by atoms with Crippen molar-refractivity contribution in [3.05, 3.63) is 71.7 Å². The maximum atomic E-state index is 14.4. The zero-order valence-electron chi connectivity index (χ0n) is 16.6. The predicted molar refractivity (Wildman–Crippen MR) is 107 cm³/mol. The van der Waals surface area contributed by atoms with E-state index >= 15 is 0 Å². The number of nitrogens with one attached hydrogen (secondary N) is 1. The van der Waals surface area contributed by atoms with Crippen LogP contribution in [0.3, 0.4) is 0 Å². The first kappa shape index (κ1) is 19.4. The fourth-order valence-corrected chi connectivity index (χ4v) is 3.15. The van der Waals surface area contributed by atoms with E-state index in [9.17, 15) is 9.18 Å². The van der Waals surface area contributed by atoms with Gasteiger partial charge in [0.1, 0.15) is 5.82 Å². The van der Waals surface area contributed by atoms with Crippen LogP contribution in [0.2, 0.25) is 0 Å². The number of pyridine rings is 1. The van der Waals surface area contributed by atoms with Gasteiger partial charge in [-0.3, -0.25) is 4.79 Å². The van der Waals surface area contributed by atoms with Crippen molar-refractivity contribution < 1.29 is 9.18 Å². The third-order valence-corrected chi connectivity index (χ3v) is 4.53. The van der Waals surface area contributed by atoms with E-state index in [1.54, 1.807) is 29.9 Å². The molecule has 3 heterocycles. The number of carbonyl (C=O) groups excluding carboxylic acids is 1. The molecule has 10 heteroatoms. The average molecular weight is 406 g/mol. The Labute approximate surface area is 171 Å². The molecule has 0 aliphatic rings. The summed E-state index contributed by atoms with van der Waals surface area (Å²) < 4.78 is 17.5. The Bertz CT molecular complexity index is 1200. The molecule has 0 fully saturated rings. The van der Waals surface area contributed by atoms with E-state index in [1.165, 1.54) is 29.1 Å². The highest BCUT2D eigenvalue weighted by Crippen LogP contribution is 2.25. The van der Waals surface area contributed by atoms with E-state index in [-0.39, 0.29) is 11.6 Å². The number of aromatic nitrogens is 7. The quantitative estimate of drug-likeness (QED) is 0.546. The number of nitrogens with zero attached hydrogens (tertiary/aromatic N) is 7. The molecule has 3 aromatic heterocycles. The molecule has 30 heavy (non-hydrogen) atoms. The summed E-state index contributed by atoms with van der Waals surface area (Å²) in [4.78, 5) is 17.3. The fraction of sp³-hybridized carbons (Fsp3) is 0.200. The molecule has 0 spiro atoms. The maximum Gasteiger partial charge on any atom is 0.259 e. The molecule has 0 saturated heterocycles. The second-order valence-electron chi connectivity index (χ2n) is 6.95. The number of hydrogen-bond acceptors (Lipinski definition) is 6. The number of anilines is 1. The molecule has 0 aliphatic carbocycles. The van der Waals surface area contributed by atoms with E-state index in [0.29, 0.717) is 28.6 Å². The Balaban J connectivity index is 1.68. The first-order valence-electron chi connectivity index (χ1n) is 9.31.